The minimum Gasteiger partial charge on any atom is -0.497 e. The Bertz CT molecular complexity index is 440. The zero-order valence-electron chi connectivity index (χ0n) is 11.4. The molecule has 3 heteroatoms. The molecular weight excluding hydrogens is 226 g/mol. The number of carbonyl (C=O) groups is 1. The second-order valence-corrected chi connectivity index (χ2v) is 5.24. The van der Waals surface area contributed by atoms with Gasteiger partial charge in [-0.15, -0.1) is 0 Å². The second-order valence-electron chi connectivity index (χ2n) is 5.24. The van der Waals surface area contributed by atoms with E-state index in [1.54, 1.807) is 7.11 Å². The molecule has 1 aliphatic rings. The first-order chi connectivity index (χ1) is 8.61. The number of ether oxygens (including phenoxy) is 1. The third-order valence-corrected chi connectivity index (χ3v) is 3.53. The Kier molecular flexibility index (Phi) is 4.02. The predicted molar refractivity (Wildman–Crippen MR) is 72.3 cm³/mol. The molecule has 0 radical (unpaired) electrons. The molecule has 1 atom stereocenters. The normalized spacial score (nSPS) is 19.6. The Labute approximate surface area is 109 Å². The van der Waals surface area contributed by atoms with Crippen molar-refractivity contribution < 1.29 is 9.53 Å². The first kappa shape index (κ1) is 13.1. The smallest absolute Gasteiger partial charge is 0.167 e. The highest BCUT2D eigenvalue weighted by molar-refractivity contribution is 5.99. The van der Waals surface area contributed by atoms with Crippen molar-refractivity contribution in [2.45, 2.75) is 19.3 Å². The van der Waals surface area contributed by atoms with E-state index in [0.717, 1.165) is 42.7 Å². The average molecular weight is 247 g/mol. The zero-order chi connectivity index (χ0) is 13.1. The summed E-state index contributed by atoms with van der Waals surface area (Å²) >= 11 is 0. The number of aryl methyl sites for hydroxylation is 1. The van der Waals surface area contributed by atoms with Crippen LogP contribution in [-0.2, 0) is 6.42 Å². The van der Waals surface area contributed by atoms with Crippen LogP contribution in [-0.4, -0.2) is 38.4 Å². The largest absolute Gasteiger partial charge is 0.497 e. The number of carbonyl (C=O) groups excluding carboxylic acids is 1. The Morgan fingerprint density at radius 2 is 2.17 bits per heavy atom. The summed E-state index contributed by atoms with van der Waals surface area (Å²) in [4.78, 5) is 14.6. The number of hydrogen-bond donors (Lipinski definition) is 0. The van der Waals surface area contributed by atoms with E-state index in [1.165, 1.54) is 0 Å². The minimum atomic E-state index is 0.134. The van der Waals surface area contributed by atoms with Gasteiger partial charge in [-0.3, -0.25) is 4.79 Å². The van der Waals surface area contributed by atoms with Crippen LogP contribution < -0.4 is 4.74 Å². The Balaban J connectivity index is 2.29. The quantitative estimate of drug-likeness (QED) is 0.768. The van der Waals surface area contributed by atoms with Gasteiger partial charge in [-0.1, -0.05) is 0 Å². The number of ketones is 1. The van der Waals surface area contributed by atoms with E-state index in [1.807, 2.05) is 32.3 Å². The van der Waals surface area contributed by atoms with Crippen LogP contribution in [0.15, 0.2) is 18.2 Å². The lowest BCUT2D eigenvalue weighted by molar-refractivity contribution is 0.0892. The van der Waals surface area contributed by atoms with E-state index in [4.69, 9.17) is 4.74 Å². The zero-order valence-corrected chi connectivity index (χ0v) is 11.4. The molecule has 0 saturated carbocycles. The van der Waals surface area contributed by atoms with Gasteiger partial charge < -0.3 is 9.64 Å². The van der Waals surface area contributed by atoms with E-state index >= 15 is 0 Å². The van der Waals surface area contributed by atoms with Crippen molar-refractivity contribution in [2.24, 2.45) is 5.92 Å². The summed E-state index contributed by atoms with van der Waals surface area (Å²) in [5.74, 6) is 1.26. The topological polar surface area (TPSA) is 29.5 Å². The van der Waals surface area contributed by atoms with Gasteiger partial charge in [0, 0.05) is 18.0 Å². The highest BCUT2D eigenvalue weighted by atomic mass is 16.5. The maximum absolute atomic E-state index is 12.5. The molecule has 0 bridgehead atoms. The molecule has 98 valence electrons. The molecule has 0 amide bonds. The van der Waals surface area contributed by atoms with Crippen LogP contribution in [0.3, 0.4) is 0 Å². The van der Waals surface area contributed by atoms with Gasteiger partial charge in [0.2, 0.25) is 0 Å². The van der Waals surface area contributed by atoms with Gasteiger partial charge in [0.15, 0.2) is 5.78 Å². The van der Waals surface area contributed by atoms with Crippen LogP contribution in [0.5, 0.6) is 5.75 Å². The number of Topliss-reactive ketones (excluding diaryl/α,β-unsaturated/α-hetero) is 1. The number of nitrogens with zero attached hydrogens (tertiary/aromatic N) is 1. The van der Waals surface area contributed by atoms with E-state index in [-0.39, 0.29) is 5.92 Å². The highest BCUT2D eigenvalue weighted by Gasteiger charge is 2.25. The lowest BCUT2D eigenvalue weighted by atomic mass is 9.94. The molecule has 0 saturated heterocycles. The molecule has 2 rings (SSSR count). The minimum absolute atomic E-state index is 0.134. The third-order valence-electron chi connectivity index (χ3n) is 3.53. The van der Waals surface area contributed by atoms with Crippen LogP contribution >= 0.6 is 0 Å². The first-order valence-corrected chi connectivity index (χ1v) is 6.47. The molecule has 0 N–H and O–H groups in total. The van der Waals surface area contributed by atoms with E-state index in [9.17, 15) is 4.79 Å². The molecule has 0 spiro atoms. The molecule has 0 heterocycles. The molecule has 18 heavy (non-hydrogen) atoms. The average Bonchev–Trinajstić information content (AvgIpc) is 2.49. The second kappa shape index (κ2) is 5.53. The number of fused-ring (bicyclic) bond motifs is 1. The predicted octanol–water partition coefficient (Wildman–Crippen LogP) is 2.39. The lowest BCUT2D eigenvalue weighted by Gasteiger charge is -2.18. The summed E-state index contributed by atoms with van der Waals surface area (Å²) in [6.45, 7) is 0.838. The van der Waals surface area contributed by atoms with Crippen molar-refractivity contribution in [3.05, 3.63) is 29.3 Å². The van der Waals surface area contributed by atoms with Crippen molar-refractivity contribution in [3.8, 4) is 5.75 Å². The maximum Gasteiger partial charge on any atom is 0.167 e. The number of hydrogen-bond acceptors (Lipinski definition) is 3. The standard InChI is InChI=1S/C15H21NO2/c1-16(2)10-12-6-4-5-11-9-13(18-3)7-8-14(11)15(12)17/h7-9,12H,4-6,10H2,1-3H3. The van der Waals surface area contributed by atoms with Crippen LogP contribution in [0.25, 0.3) is 0 Å². The summed E-state index contributed by atoms with van der Waals surface area (Å²) in [6.07, 6.45) is 3.03. The summed E-state index contributed by atoms with van der Waals surface area (Å²) < 4.78 is 5.23. The third kappa shape index (κ3) is 2.72. The molecule has 1 aliphatic carbocycles. The van der Waals surface area contributed by atoms with Gasteiger partial charge in [-0.25, -0.2) is 0 Å². The fraction of sp³-hybridized carbons (Fsp3) is 0.533. The lowest BCUT2D eigenvalue weighted by Crippen LogP contribution is -2.27. The van der Waals surface area contributed by atoms with Crippen LogP contribution in [0.1, 0.15) is 28.8 Å². The highest BCUT2D eigenvalue weighted by Crippen LogP contribution is 2.27. The number of benzene rings is 1. The van der Waals surface area contributed by atoms with Gasteiger partial charge in [0.1, 0.15) is 5.75 Å². The van der Waals surface area contributed by atoms with Gasteiger partial charge in [0.25, 0.3) is 0 Å². The molecule has 3 nitrogen and oxygen atoms in total. The van der Waals surface area contributed by atoms with Crippen LogP contribution in [0, 0.1) is 5.92 Å². The van der Waals surface area contributed by atoms with Gasteiger partial charge >= 0.3 is 0 Å². The molecule has 0 fully saturated rings. The molecule has 1 aromatic rings. The summed E-state index contributed by atoms with van der Waals surface area (Å²) in [5.41, 5.74) is 2.03. The van der Waals surface area contributed by atoms with Crippen molar-refractivity contribution >= 4 is 5.78 Å². The SMILES string of the molecule is COc1ccc2c(c1)CCCC(CN(C)C)C2=O. The van der Waals surface area contributed by atoms with Crippen LogP contribution in [0.4, 0.5) is 0 Å². The monoisotopic (exact) mass is 247 g/mol. The van der Waals surface area contributed by atoms with Gasteiger partial charge in [-0.05, 0) is 57.1 Å². The fourth-order valence-electron chi connectivity index (χ4n) is 2.65. The summed E-state index contributed by atoms with van der Waals surface area (Å²) in [7, 11) is 5.70. The first-order valence-electron chi connectivity index (χ1n) is 6.47. The molecule has 1 aromatic carbocycles. The number of rotatable bonds is 3. The number of methoxy groups -OCH3 is 1. The van der Waals surface area contributed by atoms with E-state index in [2.05, 4.69) is 4.90 Å². The van der Waals surface area contributed by atoms with Crippen LogP contribution in [0.2, 0.25) is 0 Å². The van der Waals surface area contributed by atoms with Crippen molar-refractivity contribution in [1.82, 2.24) is 4.90 Å². The molecule has 1 unspecified atom stereocenters. The fourth-order valence-corrected chi connectivity index (χ4v) is 2.65. The Hall–Kier alpha value is -1.35. The maximum atomic E-state index is 12.5. The van der Waals surface area contributed by atoms with Crippen molar-refractivity contribution in [1.29, 1.82) is 0 Å². The van der Waals surface area contributed by atoms with Crippen molar-refractivity contribution in [3.63, 3.8) is 0 Å². The van der Waals surface area contributed by atoms with E-state index in [0.29, 0.717) is 5.78 Å². The molecule has 0 aromatic heterocycles. The molecule has 0 aliphatic heterocycles. The van der Waals surface area contributed by atoms with E-state index < -0.39 is 0 Å². The van der Waals surface area contributed by atoms with Crippen molar-refractivity contribution in [2.75, 3.05) is 27.7 Å². The Morgan fingerprint density at radius 1 is 1.39 bits per heavy atom. The molecular formula is C15H21NO2. The van der Waals surface area contributed by atoms with Gasteiger partial charge in [0.05, 0.1) is 7.11 Å². The summed E-state index contributed by atoms with van der Waals surface area (Å²) in [5, 5.41) is 0. The summed E-state index contributed by atoms with van der Waals surface area (Å²) in [6, 6.07) is 5.81. The van der Waals surface area contributed by atoms with Gasteiger partial charge in [-0.2, -0.15) is 0 Å². The Morgan fingerprint density at radius 3 is 2.83 bits per heavy atom.